The van der Waals surface area contributed by atoms with Gasteiger partial charge >= 0.3 is 0 Å². The molecule has 0 unspecified atom stereocenters. The van der Waals surface area contributed by atoms with Crippen molar-refractivity contribution in [2.45, 2.75) is 25.4 Å². The molecule has 2 aromatic rings. The fourth-order valence-corrected chi connectivity index (χ4v) is 4.28. The Morgan fingerprint density at radius 2 is 1.86 bits per heavy atom. The summed E-state index contributed by atoms with van der Waals surface area (Å²) in [6.07, 6.45) is 4.43. The number of dihydropyridines is 1. The van der Waals surface area contributed by atoms with Gasteiger partial charge in [0.15, 0.2) is 11.5 Å². The summed E-state index contributed by atoms with van der Waals surface area (Å²) in [5.41, 5.74) is 5.43. The number of anilines is 1. The molecule has 0 fully saturated rings. The molecule has 0 spiro atoms. The summed E-state index contributed by atoms with van der Waals surface area (Å²) >= 11 is 0. The lowest BCUT2D eigenvalue weighted by molar-refractivity contribution is -0.114. The van der Waals surface area contributed by atoms with E-state index < -0.39 is 0 Å². The highest BCUT2D eigenvalue weighted by Gasteiger charge is 2.32. The molecule has 2 heterocycles. The zero-order chi connectivity index (χ0) is 19.1. The first-order chi connectivity index (χ1) is 13.7. The van der Waals surface area contributed by atoms with Gasteiger partial charge < -0.3 is 14.4 Å². The highest BCUT2D eigenvalue weighted by Crippen LogP contribution is 2.37. The second-order valence-electron chi connectivity index (χ2n) is 7.45. The van der Waals surface area contributed by atoms with Crippen molar-refractivity contribution < 1.29 is 14.3 Å². The molecule has 3 aliphatic rings. The Hall–Kier alpha value is -3.08. The Kier molecular flexibility index (Phi) is 4.15. The van der Waals surface area contributed by atoms with Crippen molar-refractivity contribution in [3.05, 3.63) is 64.7 Å². The average Bonchev–Trinajstić information content (AvgIpc) is 3.28. The number of benzene rings is 2. The maximum absolute atomic E-state index is 12.8. The first-order valence-electron chi connectivity index (χ1n) is 9.68. The molecule has 5 rings (SSSR count). The minimum atomic E-state index is 0.0165. The third-order valence-electron chi connectivity index (χ3n) is 5.73. The summed E-state index contributed by atoms with van der Waals surface area (Å²) in [5.74, 6) is 1.39. The molecule has 28 heavy (non-hydrogen) atoms. The van der Waals surface area contributed by atoms with Crippen LogP contribution in [0.25, 0.3) is 0 Å². The van der Waals surface area contributed by atoms with Gasteiger partial charge in [-0.1, -0.05) is 24.3 Å². The van der Waals surface area contributed by atoms with E-state index in [9.17, 15) is 4.79 Å². The largest absolute Gasteiger partial charge is 0.493 e. The van der Waals surface area contributed by atoms with Gasteiger partial charge in [0.05, 0.1) is 12.7 Å². The van der Waals surface area contributed by atoms with Crippen LogP contribution >= 0.6 is 0 Å². The van der Waals surface area contributed by atoms with Gasteiger partial charge in [-0.2, -0.15) is 0 Å². The molecule has 142 valence electrons. The number of hydrogen-bond acceptors (Lipinski definition) is 4. The Bertz CT molecular complexity index is 984. The number of aliphatic imine (C=N–C) groups is 1. The normalized spacial score (nSPS) is 18.5. The van der Waals surface area contributed by atoms with Gasteiger partial charge in [-0.3, -0.25) is 9.79 Å². The minimum Gasteiger partial charge on any atom is -0.493 e. The van der Waals surface area contributed by atoms with E-state index in [-0.39, 0.29) is 12.0 Å². The van der Waals surface area contributed by atoms with Crippen LogP contribution in [0, 0.1) is 0 Å². The number of nitrogens with zero attached hydrogens (tertiary/aromatic N) is 2. The second kappa shape index (κ2) is 6.82. The Morgan fingerprint density at radius 3 is 2.57 bits per heavy atom. The van der Waals surface area contributed by atoms with Crippen LogP contribution in [0.2, 0.25) is 0 Å². The van der Waals surface area contributed by atoms with Crippen molar-refractivity contribution in [2.24, 2.45) is 4.99 Å². The third-order valence-corrected chi connectivity index (χ3v) is 5.73. The molecule has 2 aromatic carbocycles. The van der Waals surface area contributed by atoms with Gasteiger partial charge in [0.25, 0.3) is 5.91 Å². The van der Waals surface area contributed by atoms with Gasteiger partial charge in [0, 0.05) is 43.9 Å². The molecule has 2 aliphatic heterocycles. The second-order valence-corrected chi connectivity index (χ2v) is 7.45. The minimum absolute atomic E-state index is 0.0165. The lowest BCUT2D eigenvalue weighted by Crippen LogP contribution is -2.27. The van der Waals surface area contributed by atoms with Gasteiger partial charge in [0.1, 0.15) is 6.10 Å². The standard InChI is InChI=1S/C23H22N2O3/c1-27-21-7-6-18(25-14-17-8-9-24-13-20(17)23(25)26)12-22(21)28-19-10-15-4-2-3-5-16(15)11-19/h2-7,12-13,19H,8-11,14H2,1H3. The number of hydrogen-bond donors (Lipinski definition) is 0. The number of rotatable bonds is 4. The predicted molar refractivity (Wildman–Crippen MR) is 109 cm³/mol. The smallest absolute Gasteiger partial charge is 0.260 e. The van der Waals surface area contributed by atoms with E-state index in [2.05, 4.69) is 29.3 Å². The predicted octanol–water partition coefficient (Wildman–Crippen LogP) is 3.36. The molecule has 0 aromatic heterocycles. The first-order valence-corrected chi connectivity index (χ1v) is 9.68. The number of carbonyl (C=O) groups is 1. The van der Waals surface area contributed by atoms with Gasteiger partial charge in [0.2, 0.25) is 0 Å². The summed E-state index contributed by atoms with van der Waals surface area (Å²) in [6.45, 7) is 1.39. The van der Waals surface area contributed by atoms with Gasteiger partial charge in [-0.25, -0.2) is 0 Å². The first kappa shape index (κ1) is 17.0. The number of ether oxygens (including phenoxy) is 2. The molecule has 1 aliphatic carbocycles. The molecule has 5 heteroatoms. The van der Waals surface area contributed by atoms with Crippen LogP contribution in [0.3, 0.4) is 0 Å². The highest BCUT2D eigenvalue weighted by molar-refractivity contribution is 6.22. The lowest BCUT2D eigenvalue weighted by atomic mass is 10.1. The molecule has 5 nitrogen and oxygen atoms in total. The topological polar surface area (TPSA) is 51.1 Å². The van der Waals surface area contributed by atoms with Crippen molar-refractivity contribution >= 4 is 17.8 Å². The van der Waals surface area contributed by atoms with E-state index in [0.29, 0.717) is 18.0 Å². The molecular weight excluding hydrogens is 352 g/mol. The van der Waals surface area contributed by atoms with E-state index in [1.165, 1.54) is 16.7 Å². The molecule has 0 N–H and O–H groups in total. The monoisotopic (exact) mass is 374 g/mol. The Balaban J connectivity index is 1.39. The van der Waals surface area contributed by atoms with Crippen LogP contribution in [0.4, 0.5) is 5.69 Å². The quantitative estimate of drug-likeness (QED) is 0.825. The van der Waals surface area contributed by atoms with Crippen LogP contribution in [0.5, 0.6) is 11.5 Å². The third kappa shape index (κ3) is 2.87. The number of methoxy groups -OCH3 is 1. The molecule has 1 amide bonds. The van der Waals surface area contributed by atoms with Crippen molar-refractivity contribution in [2.75, 3.05) is 25.1 Å². The fourth-order valence-electron chi connectivity index (χ4n) is 4.28. The number of amides is 1. The zero-order valence-corrected chi connectivity index (χ0v) is 15.9. The van der Waals surface area contributed by atoms with Crippen molar-refractivity contribution in [3.63, 3.8) is 0 Å². The van der Waals surface area contributed by atoms with Crippen LogP contribution in [0.15, 0.2) is 58.6 Å². The van der Waals surface area contributed by atoms with Crippen LogP contribution in [0.1, 0.15) is 17.5 Å². The van der Waals surface area contributed by atoms with Gasteiger partial charge in [-0.05, 0) is 35.3 Å². The van der Waals surface area contributed by atoms with Crippen molar-refractivity contribution in [1.82, 2.24) is 0 Å². The molecule has 0 radical (unpaired) electrons. The van der Waals surface area contributed by atoms with Crippen LogP contribution in [-0.2, 0) is 17.6 Å². The Morgan fingerprint density at radius 1 is 1.07 bits per heavy atom. The molecular formula is C23H22N2O3. The lowest BCUT2D eigenvalue weighted by Gasteiger charge is -2.21. The van der Waals surface area contributed by atoms with E-state index in [1.54, 1.807) is 18.2 Å². The summed E-state index contributed by atoms with van der Waals surface area (Å²) in [6, 6.07) is 14.2. The van der Waals surface area contributed by atoms with Crippen molar-refractivity contribution in [3.8, 4) is 11.5 Å². The molecule has 0 saturated heterocycles. The summed E-state index contributed by atoms with van der Waals surface area (Å²) in [7, 11) is 1.64. The van der Waals surface area contributed by atoms with E-state index in [4.69, 9.17) is 9.47 Å². The molecule has 0 saturated carbocycles. The van der Waals surface area contributed by atoms with E-state index in [0.717, 1.165) is 37.1 Å². The number of carbonyl (C=O) groups excluding carboxylic acids is 1. The highest BCUT2D eigenvalue weighted by atomic mass is 16.5. The fraction of sp³-hybridized carbons (Fsp3) is 0.304. The molecule has 0 bridgehead atoms. The van der Waals surface area contributed by atoms with E-state index in [1.807, 2.05) is 18.2 Å². The summed E-state index contributed by atoms with van der Waals surface area (Å²) in [4.78, 5) is 18.9. The van der Waals surface area contributed by atoms with Gasteiger partial charge in [-0.15, -0.1) is 0 Å². The SMILES string of the molecule is COc1ccc(N2CC3=C(C=NCC3)C2=O)cc1OC1Cc2ccccc2C1. The van der Waals surface area contributed by atoms with Crippen LogP contribution < -0.4 is 14.4 Å². The Labute approximate surface area is 164 Å². The van der Waals surface area contributed by atoms with Crippen molar-refractivity contribution in [1.29, 1.82) is 0 Å². The molecule has 0 atom stereocenters. The number of fused-ring (bicyclic) bond motifs is 1. The maximum Gasteiger partial charge on any atom is 0.260 e. The summed E-state index contributed by atoms with van der Waals surface area (Å²) in [5, 5.41) is 0. The van der Waals surface area contributed by atoms with Crippen LogP contribution in [-0.4, -0.2) is 38.4 Å². The zero-order valence-electron chi connectivity index (χ0n) is 15.9. The summed E-state index contributed by atoms with van der Waals surface area (Å²) < 4.78 is 11.8. The maximum atomic E-state index is 12.8. The average molecular weight is 374 g/mol. The van der Waals surface area contributed by atoms with E-state index >= 15 is 0 Å².